The summed E-state index contributed by atoms with van der Waals surface area (Å²) < 4.78 is 2.09. The van der Waals surface area contributed by atoms with Crippen LogP contribution in [0.15, 0.2) is 61.2 Å². The van der Waals surface area contributed by atoms with Crippen LogP contribution in [0.5, 0.6) is 0 Å². The van der Waals surface area contributed by atoms with E-state index in [1.807, 2.05) is 31.6 Å². The average molecular weight is 448 g/mol. The van der Waals surface area contributed by atoms with E-state index >= 15 is 0 Å². The highest BCUT2D eigenvalue weighted by Crippen LogP contribution is 2.46. The zero-order valence-electron chi connectivity index (χ0n) is 18.9. The number of amides is 1. The Bertz CT molecular complexity index is 1100. The van der Waals surface area contributed by atoms with Crippen LogP contribution in [-0.2, 0) is 18.4 Å². The van der Waals surface area contributed by atoms with Gasteiger partial charge in [-0.25, -0.2) is 4.98 Å². The largest absolute Gasteiger partial charge is 0.483 e. The number of carbonyl (C=O) groups is 2. The first-order valence-corrected chi connectivity index (χ1v) is 11.1. The van der Waals surface area contributed by atoms with Gasteiger partial charge < -0.3 is 14.6 Å². The Balaban J connectivity index is 0.000000821. The molecule has 2 aliphatic rings. The van der Waals surface area contributed by atoms with E-state index in [9.17, 15) is 4.79 Å². The number of hydrogen-bond acceptors (Lipinski definition) is 5. The number of aromatic nitrogens is 3. The minimum absolute atomic E-state index is 0.0846. The SMILES string of the molecule is Cc1ccccc1[C@@H]1[C@H]2CN(Cc3nccn3C)C[C@H]2CN1C(=O)c1cccnc1.O=CO. The smallest absolute Gasteiger partial charge is 0.290 e. The second-order valence-electron chi connectivity index (χ2n) is 8.68. The molecule has 172 valence electrons. The molecule has 4 heterocycles. The third-order valence-corrected chi connectivity index (χ3v) is 6.70. The number of nitrogens with zero attached hydrogens (tertiary/aromatic N) is 5. The van der Waals surface area contributed by atoms with Crippen LogP contribution in [-0.4, -0.2) is 61.5 Å². The summed E-state index contributed by atoms with van der Waals surface area (Å²) in [5, 5.41) is 6.89. The quantitative estimate of drug-likeness (QED) is 0.619. The molecule has 0 aliphatic carbocycles. The molecule has 8 heteroatoms. The molecule has 0 saturated carbocycles. The predicted molar refractivity (Wildman–Crippen MR) is 123 cm³/mol. The zero-order chi connectivity index (χ0) is 23.4. The Hall–Kier alpha value is -3.52. The van der Waals surface area contributed by atoms with E-state index in [-0.39, 0.29) is 18.4 Å². The van der Waals surface area contributed by atoms with Crippen LogP contribution in [0.2, 0.25) is 0 Å². The van der Waals surface area contributed by atoms with Crippen LogP contribution >= 0.6 is 0 Å². The Morgan fingerprint density at radius 2 is 1.94 bits per heavy atom. The van der Waals surface area contributed by atoms with Gasteiger partial charge in [0, 0.05) is 57.4 Å². The van der Waals surface area contributed by atoms with Gasteiger partial charge in [0.15, 0.2) is 0 Å². The highest BCUT2D eigenvalue weighted by Gasteiger charge is 2.49. The van der Waals surface area contributed by atoms with Gasteiger partial charge in [-0.2, -0.15) is 0 Å². The number of pyridine rings is 1. The molecule has 1 aromatic carbocycles. The second-order valence-corrected chi connectivity index (χ2v) is 8.68. The number of likely N-dealkylation sites (tertiary alicyclic amines) is 2. The Morgan fingerprint density at radius 3 is 2.61 bits per heavy atom. The van der Waals surface area contributed by atoms with Crippen molar-refractivity contribution in [1.29, 1.82) is 0 Å². The predicted octanol–water partition coefficient (Wildman–Crippen LogP) is 2.77. The van der Waals surface area contributed by atoms with Crippen molar-refractivity contribution in [3.8, 4) is 0 Å². The lowest BCUT2D eigenvalue weighted by Crippen LogP contribution is -2.36. The van der Waals surface area contributed by atoms with Crippen molar-refractivity contribution >= 4 is 12.4 Å². The molecule has 2 fully saturated rings. The van der Waals surface area contributed by atoms with Gasteiger partial charge in [0.05, 0.1) is 18.2 Å². The fraction of sp³-hybridized carbons (Fsp3) is 0.360. The van der Waals surface area contributed by atoms with Crippen molar-refractivity contribution in [2.24, 2.45) is 18.9 Å². The van der Waals surface area contributed by atoms with Crippen molar-refractivity contribution in [2.75, 3.05) is 19.6 Å². The van der Waals surface area contributed by atoms with Crippen LogP contribution in [0.25, 0.3) is 0 Å². The van der Waals surface area contributed by atoms with Gasteiger partial charge in [-0.05, 0) is 36.1 Å². The van der Waals surface area contributed by atoms with Crippen molar-refractivity contribution in [3.05, 3.63) is 83.7 Å². The maximum absolute atomic E-state index is 13.4. The number of carbonyl (C=O) groups excluding carboxylic acids is 1. The highest BCUT2D eigenvalue weighted by atomic mass is 16.3. The first kappa shape index (κ1) is 22.7. The van der Waals surface area contributed by atoms with E-state index in [2.05, 4.69) is 55.5 Å². The molecule has 8 nitrogen and oxygen atoms in total. The van der Waals surface area contributed by atoms with Crippen LogP contribution in [0, 0.1) is 18.8 Å². The Labute approximate surface area is 193 Å². The van der Waals surface area contributed by atoms with E-state index in [0.29, 0.717) is 17.4 Å². The molecule has 3 aromatic rings. The van der Waals surface area contributed by atoms with Gasteiger partial charge in [-0.15, -0.1) is 0 Å². The molecule has 0 spiro atoms. The lowest BCUT2D eigenvalue weighted by atomic mass is 9.87. The summed E-state index contributed by atoms with van der Waals surface area (Å²) in [6.45, 7) is 5.52. The number of hydrogen-bond donors (Lipinski definition) is 1. The minimum atomic E-state index is -0.250. The third-order valence-electron chi connectivity index (χ3n) is 6.70. The van der Waals surface area contributed by atoms with Gasteiger partial charge in [-0.3, -0.25) is 19.5 Å². The molecule has 1 amide bonds. The van der Waals surface area contributed by atoms with Crippen molar-refractivity contribution in [3.63, 3.8) is 0 Å². The summed E-state index contributed by atoms with van der Waals surface area (Å²) in [5.41, 5.74) is 3.18. The summed E-state index contributed by atoms with van der Waals surface area (Å²) in [4.78, 5) is 35.0. The standard InChI is InChI=1S/C24H27N5O.CH2O2/c1-17-6-3-4-8-20(17)23-21-15-28(16-22-26-10-11-27(22)2)13-19(21)14-29(23)24(30)18-7-5-9-25-12-18;2-1-3/h3-12,19,21,23H,13-16H2,1-2H3;1H,(H,2,3)/t19-,21-,23+;/m0./s1. The maximum Gasteiger partial charge on any atom is 0.290 e. The Kier molecular flexibility index (Phi) is 6.84. The van der Waals surface area contributed by atoms with Crippen LogP contribution in [0.4, 0.5) is 0 Å². The van der Waals surface area contributed by atoms with Gasteiger partial charge in [0.2, 0.25) is 0 Å². The lowest BCUT2D eigenvalue weighted by molar-refractivity contribution is -0.122. The number of aryl methyl sites for hydroxylation is 2. The highest BCUT2D eigenvalue weighted by molar-refractivity contribution is 5.94. The molecule has 0 unspecified atom stereocenters. The first-order valence-electron chi connectivity index (χ1n) is 11.1. The van der Waals surface area contributed by atoms with Crippen LogP contribution < -0.4 is 0 Å². The van der Waals surface area contributed by atoms with E-state index in [0.717, 1.165) is 32.0 Å². The van der Waals surface area contributed by atoms with Gasteiger partial charge >= 0.3 is 0 Å². The molecular weight excluding hydrogens is 418 g/mol. The number of imidazole rings is 1. The molecule has 0 radical (unpaired) electrons. The summed E-state index contributed by atoms with van der Waals surface area (Å²) in [5.74, 6) is 2.06. The monoisotopic (exact) mass is 447 g/mol. The third kappa shape index (κ3) is 4.66. The number of benzene rings is 1. The van der Waals surface area contributed by atoms with E-state index in [4.69, 9.17) is 9.90 Å². The number of fused-ring (bicyclic) bond motifs is 1. The molecule has 5 rings (SSSR count). The number of carboxylic acid groups (broad SMARTS) is 1. The molecule has 3 atom stereocenters. The van der Waals surface area contributed by atoms with Gasteiger partial charge in [0.1, 0.15) is 5.82 Å². The fourth-order valence-corrected chi connectivity index (χ4v) is 5.20. The van der Waals surface area contributed by atoms with E-state index < -0.39 is 0 Å². The number of rotatable bonds is 4. The molecular formula is C25H29N5O3. The zero-order valence-corrected chi connectivity index (χ0v) is 18.9. The van der Waals surface area contributed by atoms with Gasteiger partial charge in [-0.1, -0.05) is 24.3 Å². The Morgan fingerprint density at radius 1 is 1.15 bits per heavy atom. The van der Waals surface area contributed by atoms with E-state index in [1.165, 1.54) is 11.1 Å². The topological polar surface area (TPSA) is 91.6 Å². The summed E-state index contributed by atoms with van der Waals surface area (Å²) in [7, 11) is 2.05. The molecule has 33 heavy (non-hydrogen) atoms. The fourth-order valence-electron chi connectivity index (χ4n) is 5.20. The lowest BCUT2D eigenvalue weighted by Gasteiger charge is -2.31. The van der Waals surface area contributed by atoms with Crippen molar-refractivity contribution in [2.45, 2.75) is 19.5 Å². The molecule has 0 bridgehead atoms. The van der Waals surface area contributed by atoms with Crippen molar-refractivity contribution < 1.29 is 14.7 Å². The molecule has 1 N–H and O–H groups in total. The summed E-state index contributed by atoms with van der Waals surface area (Å²) >= 11 is 0. The second kappa shape index (κ2) is 9.95. The summed E-state index contributed by atoms with van der Waals surface area (Å²) in [6, 6.07) is 12.3. The molecule has 2 aromatic heterocycles. The normalized spacial score (nSPS) is 21.9. The summed E-state index contributed by atoms with van der Waals surface area (Å²) in [6.07, 6.45) is 7.25. The minimum Gasteiger partial charge on any atom is -0.483 e. The van der Waals surface area contributed by atoms with Gasteiger partial charge in [0.25, 0.3) is 12.4 Å². The molecule has 2 saturated heterocycles. The van der Waals surface area contributed by atoms with Crippen LogP contribution in [0.1, 0.15) is 33.4 Å². The first-order chi connectivity index (χ1) is 16.0. The van der Waals surface area contributed by atoms with Crippen molar-refractivity contribution in [1.82, 2.24) is 24.3 Å². The van der Waals surface area contributed by atoms with Crippen LogP contribution in [0.3, 0.4) is 0 Å². The maximum atomic E-state index is 13.4. The molecule has 2 aliphatic heterocycles. The average Bonchev–Trinajstić information content (AvgIpc) is 3.50. The van der Waals surface area contributed by atoms with E-state index in [1.54, 1.807) is 12.4 Å².